The minimum atomic E-state index is -0.855. The van der Waals surface area contributed by atoms with Gasteiger partial charge in [-0.05, 0) is 47.7 Å². The fraction of sp³-hybridized carbons (Fsp3) is 0.321. The number of rotatable bonds is 5. The number of amides is 1. The lowest BCUT2D eigenvalue weighted by atomic mass is 9.76. The summed E-state index contributed by atoms with van der Waals surface area (Å²) >= 11 is 0. The Labute approximate surface area is 198 Å². The van der Waals surface area contributed by atoms with Crippen LogP contribution in [0, 0.1) is 11.6 Å². The molecule has 0 bridgehead atoms. The third-order valence-electron chi connectivity index (χ3n) is 7.18. The maximum atomic E-state index is 14.1. The number of ether oxygens (including phenoxy) is 1. The van der Waals surface area contributed by atoms with Gasteiger partial charge in [-0.2, -0.15) is 0 Å². The molecule has 2 aliphatic heterocycles. The summed E-state index contributed by atoms with van der Waals surface area (Å²) in [7, 11) is 1.67. The number of carbonyl (C=O) groups excluding carboxylic acids is 1. The SMILES string of the molecule is COc1ccccc1-c1ccccc1CN1C[C@@H](c2ccc(F)c(F)c2)[C@@]2(CCCC(=O)N2)C1. The molecule has 1 N–H and O–H groups in total. The fourth-order valence-corrected chi connectivity index (χ4v) is 5.66. The van der Waals surface area contributed by atoms with Gasteiger partial charge in [-0.25, -0.2) is 8.78 Å². The molecule has 0 aliphatic carbocycles. The minimum absolute atomic E-state index is 0.0232. The highest BCUT2D eigenvalue weighted by Gasteiger charge is 2.49. The molecule has 3 aromatic carbocycles. The Kier molecular flexibility index (Phi) is 6.09. The Morgan fingerprint density at radius 3 is 2.56 bits per heavy atom. The zero-order chi connectivity index (χ0) is 23.7. The van der Waals surface area contributed by atoms with Gasteiger partial charge in [0.05, 0.1) is 12.6 Å². The molecule has 1 amide bonds. The molecule has 2 fully saturated rings. The van der Waals surface area contributed by atoms with Crippen LogP contribution in [0.3, 0.4) is 0 Å². The second-order valence-corrected chi connectivity index (χ2v) is 9.31. The van der Waals surface area contributed by atoms with Gasteiger partial charge >= 0.3 is 0 Å². The molecule has 3 aromatic rings. The van der Waals surface area contributed by atoms with Crippen LogP contribution in [-0.2, 0) is 11.3 Å². The van der Waals surface area contributed by atoms with Crippen molar-refractivity contribution >= 4 is 5.91 Å². The van der Waals surface area contributed by atoms with Crippen molar-refractivity contribution in [2.45, 2.75) is 37.3 Å². The number of nitrogens with one attached hydrogen (secondary N) is 1. The van der Waals surface area contributed by atoms with Gasteiger partial charge in [0.25, 0.3) is 0 Å². The molecule has 0 saturated carbocycles. The van der Waals surface area contributed by atoms with E-state index in [-0.39, 0.29) is 11.8 Å². The Morgan fingerprint density at radius 2 is 1.79 bits per heavy atom. The van der Waals surface area contributed by atoms with Gasteiger partial charge in [-0.1, -0.05) is 48.5 Å². The number of likely N-dealkylation sites (tertiary alicyclic amines) is 1. The number of hydrogen-bond donors (Lipinski definition) is 1. The summed E-state index contributed by atoms with van der Waals surface area (Å²) in [5.41, 5.74) is 3.51. The van der Waals surface area contributed by atoms with E-state index in [4.69, 9.17) is 4.74 Å². The molecule has 0 radical (unpaired) electrons. The molecule has 6 heteroatoms. The maximum absolute atomic E-state index is 14.1. The van der Waals surface area contributed by atoms with Crippen LogP contribution in [0.2, 0.25) is 0 Å². The number of nitrogens with zero attached hydrogens (tertiary/aromatic N) is 1. The van der Waals surface area contributed by atoms with Gasteiger partial charge in [0, 0.05) is 37.5 Å². The van der Waals surface area contributed by atoms with E-state index in [0.717, 1.165) is 40.8 Å². The van der Waals surface area contributed by atoms with Gasteiger partial charge in [-0.15, -0.1) is 0 Å². The van der Waals surface area contributed by atoms with Crippen molar-refractivity contribution in [3.05, 3.63) is 89.5 Å². The predicted molar refractivity (Wildman–Crippen MR) is 128 cm³/mol. The molecular weight excluding hydrogens is 434 g/mol. The molecule has 2 atom stereocenters. The van der Waals surface area contributed by atoms with E-state index < -0.39 is 17.2 Å². The monoisotopic (exact) mass is 462 g/mol. The van der Waals surface area contributed by atoms with Crippen LogP contribution >= 0.6 is 0 Å². The van der Waals surface area contributed by atoms with E-state index in [2.05, 4.69) is 28.4 Å². The van der Waals surface area contributed by atoms with Gasteiger partial charge in [0.15, 0.2) is 11.6 Å². The average Bonchev–Trinajstić information content (AvgIpc) is 3.17. The summed E-state index contributed by atoms with van der Waals surface area (Å²) < 4.78 is 33.4. The molecule has 5 rings (SSSR count). The average molecular weight is 463 g/mol. The van der Waals surface area contributed by atoms with E-state index in [1.807, 2.05) is 30.3 Å². The van der Waals surface area contributed by atoms with Crippen molar-refractivity contribution in [3.63, 3.8) is 0 Å². The number of hydrogen-bond acceptors (Lipinski definition) is 3. The number of benzene rings is 3. The third-order valence-corrected chi connectivity index (χ3v) is 7.18. The number of piperidine rings is 1. The molecule has 0 unspecified atom stereocenters. The summed E-state index contributed by atoms with van der Waals surface area (Å²) in [6, 6.07) is 20.3. The van der Waals surface area contributed by atoms with Crippen LogP contribution in [0.4, 0.5) is 8.78 Å². The predicted octanol–water partition coefficient (Wildman–Crippen LogP) is 5.28. The van der Waals surface area contributed by atoms with Gasteiger partial charge in [0.2, 0.25) is 5.91 Å². The van der Waals surface area contributed by atoms with Crippen LogP contribution < -0.4 is 10.1 Å². The van der Waals surface area contributed by atoms with E-state index in [9.17, 15) is 13.6 Å². The van der Waals surface area contributed by atoms with Crippen molar-refractivity contribution in [1.29, 1.82) is 0 Å². The smallest absolute Gasteiger partial charge is 0.220 e. The van der Waals surface area contributed by atoms with Crippen LogP contribution in [0.1, 0.15) is 36.3 Å². The quantitative estimate of drug-likeness (QED) is 0.561. The van der Waals surface area contributed by atoms with Crippen molar-refractivity contribution in [3.8, 4) is 16.9 Å². The summed E-state index contributed by atoms with van der Waals surface area (Å²) in [6.07, 6.45) is 2.10. The van der Waals surface area contributed by atoms with E-state index in [0.29, 0.717) is 26.1 Å². The zero-order valence-electron chi connectivity index (χ0n) is 19.2. The Hall–Kier alpha value is -3.25. The van der Waals surface area contributed by atoms with Crippen LogP contribution in [0.15, 0.2) is 66.7 Å². The zero-order valence-corrected chi connectivity index (χ0v) is 19.2. The first-order chi connectivity index (χ1) is 16.5. The summed E-state index contributed by atoms with van der Waals surface area (Å²) in [5, 5.41) is 3.24. The Balaban J connectivity index is 1.48. The highest BCUT2D eigenvalue weighted by Crippen LogP contribution is 2.43. The normalized spacial score (nSPS) is 22.7. The van der Waals surface area contributed by atoms with Crippen LogP contribution in [0.5, 0.6) is 5.75 Å². The number of methoxy groups -OCH3 is 1. The van der Waals surface area contributed by atoms with Crippen molar-refractivity contribution < 1.29 is 18.3 Å². The lowest BCUT2D eigenvalue weighted by Gasteiger charge is -2.39. The Bertz CT molecular complexity index is 1210. The van der Waals surface area contributed by atoms with Crippen LogP contribution in [0.25, 0.3) is 11.1 Å². The largest absolute Gasteiger partial charge is 0.496 e. The third kappa shape index (κ3) is 4.18. The topological polar surface area (TPSA) is 41.6 Å². The summed E-state index contributed by atoms with van der Waals surface area (Å²) in [6.45, 7) is 1.97. The fourth-order valence-electron chi connectivity index (χ4n) is 5.66. The number of halogens is 2. The molecule has 1 spiro atoms. The lowest BCUT2D eigenvalue weighted by Crippen LogP contribution is -2.56. The molecule has 2 heterocycles. The van der Waals surface area contributed by atoms with E-state index in [1.165, 1.54) is 12.1 Å². The van der Waals surface area contributed by atoms with E-state index >= 15 is 0 Å². The minimum Gasteiger partial charge on any atom is -0.496 e. The first-order valence-electron chi connectivity index (χ1n) is 11.7. The van der Waals surface area contributed by atoms with Crippen LogP contribution in [-0.4, -0.2) is 36.5 Å². The molecule has 0 aromatic heterocycles. The van der Waals surface area contributed by atoms with Crippen molar-refractivity contribution in [2.24, 2.45) is 0 Å². The molecule has 34 heavy (non-hydrogen) atoms. The first-order valence-corrected chi connectivity index (χ1v) is 11.7. The van der Waals surface area contributed by atoms with E-state index in [1.54, 1.807) is 13.2 Å². The molecule has 2 saturated heterocycles. The molecular formula is C28H28F2N2O2. The second kappa shape index (κ2) is 9.18. The molecule has 2 aliphatic rings. The number of carbonyl (C=O) groups is 1. The highest BCUT2D eigenvalue weighted by molar-refractivity contribution is 5.78. The van der Waals surface area contributed by atoms with Gasteiger partial charge in [-0.3, -0.25) is 9.69 Å². The lowest BCUT2D eigenvalue weighted by molar-refractivity contribution is -0.125. The summed E-state index contributed by atoms with van der Waals surface area (Å²) in [4.78, 5) is 14.7. The van der Waals surface area contributed by atoms with Gasteiger partial charge in [0.1, 0.15) is 5.75 Å². The second-order valence-electron chi connectivity index (χ2n) is 9.31. The molecule has 176 valence electrons. The van der Waals surface area contributed by atoms with Gasteiger partial charge < -0.3 is 10.1 Å². The van der Waals surface area contributed by atoms with Crippen molar-refractivity contribution in [1.82, 2.24) is 10.2 Å². The summed E-state index contributed by atoms with van der Waals surface area (Å²) in [5.74, 6) is -0.992. The standard InChI is InChI=1S/C28H28F2N2O2/c1-34-26-10-5-4-9-22(26)21-8-3-2-7-20(21)16-32-17-23(19-12-13-24(29)25(30)15-19)28(18-32)14-6-11-27(33)31-28/h2-5,7-10,12-13,15,23H,6,11,14,16-18H2,1H3,(H,31,33)/t23-,28+/m0/s1. The first kappa shape index (κ1) is 22.5. The van der Waals surface area contributed by atoms with Crippen molar-refractivity contribution in [2.75, 3.05) is 20.2 Å². The molecule has 4 nitrogen and oxygen atoms in total. The highest BCUT2D eigenvalue weighted by atomic mass is 19.2. The number of para-hydroxylation sites is 1. The maximum Gasteiger partial charge on any atom is 0.220 e. The Morgan fingerprint density at radius 1 is 1.03 bits per heavy atom.